The highest BCUT2D eigenvalue weighted by molar-refractivity contribution is 6.19. The Hall–Kier alpha value is -3.14. The molecule has 4 heteroatoms. The third-order valence-electron chi connectivity index (χ3n) is 6.61. The van der Waals surface area contributed by atoms with Gasteiger partial charge in [0.2, 0.25) is 0 Å². The van der Waals surface area contributed by atoms with Crippen molar-refractivity contribution in [2.24, 2.45) is 5.16 Å². The molecule has 0 aromatic heterocycles. The monoisotopic (exact) mass is 401 g/mol. The van der Waals surface area contributed by atoms with Crippen LogP contribution in [0, 0.1) is 0 Å². The van der Waals surface area contributed by atoms with Crippen molar-refractivity contribution in [1.29, 1.82) is 0 Å². The normalized spacial score (nSPS) is 17.5. The van der Waals surface area contributed by atoms with Crippen molar-refractivity contribution in [2.45, 2.75) is 51.4 Å². The van der Waals surface area contributed by atoms with Crippen LogP contribution >= 0.6 is 0 Å². The molecule has 2 N–H and O–H groups in total. The minimum absolute atomic E-state index is 0.0752. The van der Waals surface area contributed by atoms with Crippen LogP contribution in [-0.2, 0) is 10.8 Å². The predicted octanol–water partition coefficient (Wildman–Crippen LogP) is 6.11. The lowest BCUT2D eigenvalue weighted by atomic mass is 9.62. The van der Waals surface area contributed by atoms with Gasteiger partial charge in [0.05, 0.1) is 5.56 Å². The number of aromatic carboxylic acids is 1. The fourth-order valence-corrected chi connectivity index (χ4v) is 4.58. The molecular weight excluding hydrogens is 374 g/mol. The molecule has 1 aliphatic rings. The molecule has 0 aliphatic heterocycles. The number of fused-ring (bicyclic) bond motifs is 2. The van der Waals surface area contributed by atoms with Crippen LogP contribution in [0.2, 0.25) is 0 Å². The van der Waals surface area contributed by atoms with Crippen LogP contribution in [-0.4, -0.2) is 22.0 Å². The van der Waals surface area contributed by atoms with Gasteiger partial charge < -0.3 is 10.3 Å². The Morgan fingerprint density at radius 1 is 0.867 bits per heavy atom. The molecular formula is C26H27NO3. The van der Waals surface area contributed by atoms with Crippen LogP contribution in [0.15, 0.2) is 59.8 Å². The van der Waals surface area contributed by atoms with Gasteiger partial charge in [0.15, 0.2) is 0 Å². The maximum absolute atomic E-state index is 11.2. The van der Waals surface area contributed by atoms with Gasteiger partial charge in [-0.15, -0.1) is 0 Å². The first-order valence-electron chi connectivity index (χ1n) is 10.3. The van der Waals surface area contributed by atoms with E-state index >= 15 is 0 Å². The smallest absolute Gasteiger partial charge is 0.335 e. The van der Waals surface area contributed by atoms with Crippen molar-refractivity contribution >= 4 is 22.5 Å². The summed E-state index contributed by atoms with van der Waals surface area (Å²) >= 11 is 0. The number of oxime groups is 1. The highest BCUT2D eigenvalue weighted by atomic mass is 16.4. The number of carboxylic acids is 1. The molecule has 0 saturated carbocycles. The second kappa shape index (κ2) is 6.98. The fourth-order valence-electron chi connectivity index (χ4n) is 4.58. The largest absolute Gasteiger partial charge is 0.478 e. The third-order valence-corrected chi connectivity index (χ3v) is 6.61. The molecule has 4 rings (SSSR count). The van der Waals surface area contributed by atoms with Crippen molar-refractivity contribution in [3.63, 3.8) is 0 Å². The summed E-state index contributed by atoms with van der Waals surface area (Å²) in [5.41, 5.74) is 5.07. The lowest BCUT2D eigenvalue weighted by Crippen LogP contribution is -2.33. The molecule has 0 saturated heterocycles. The van der Waals surface area contributed by atoms with E-state index in [2.05, 4.69) is 51.0 Å². The molecule has 0 atom stereocenters. The van der Waals surface area contributed by atoms with Gasteiger partial charge in [0.25, 0.3) is 0 Å². The molecule has 0 heterocycles. The third kappa shape index (κ3) is 3.26. The van der Waals surface area contributed by atoms with E-state index in [1.807, 2.05) is 12.1 Å². The summed E-state index contributed by atoms with van der Waals surface area (Å²) < 4.78 is 0. The van der Waals surface area contributed by atoms with Crippen LogP contribution < -0.4 is 0 Å². The molecule has 30 heavy (non-hydrogen) atoms. The lowest BCUT2D eigenvalue weighted by Gasteiger charge is -2.42. The van der Waals surface area contributed by atoms with Crippen molar-refractivity contribution in [1.82, 2.24) is 0 Å². The Kier molecular flexibility index (Phi) is 4.69. The molecule has 0 amide bonds. The Balaban J connectivity index is 1.92. The van der Waals surface area contributed by atoms with E-state index in [1.165, 1.54) is 23.3 Å². The van der Waals surface area contributed by atoms with Crippen molar-refractivity contribution in [3.05, 3.63) is 82.4 Å². The van der Waals surface area contributed by atoms with E-state index < -0.39 is 5.97 Å². The first-order valence-corrected chi connectivity index (χ1v) is 10.3. The highest BCUT2D eigenvalue weighted by Gasteiger charge is 2.37. The van der Waals surface area contributed by atoms with Crippen LogP contribution in [0.5, 0.6) is 0 Å². The molecule has 0 fully saturated rings. The molecule has 3 aromatic rings. The first kappa shape index (κ1) is 20.1. The average Bonchev–Trinajstić information content (AvgIpc) is 2.72. The second-order valence-corrected chi connectivity index (χ2v) is 9.52. The number of benzene rings is 3. The van der Waals surface area contributed by atoms with Gasteiger partial charge in [-0.2, -0.15) is 0 Å². The number of nitrogens with zero attached hydrogens (tertiary/aromatic N) is 1. The molecule has 0 radical (unpaired) electrons. The fraction of sp³-hybridized carbons (Fsp3) is 0.308. The van der Waals surface area contributed by atoms with Gasteiger partial charge in [-0.1, -0.05) is 69.2 Å². The van der Waals surface area contributed by atoms with Gasteiger partial charge in [0, 0.05) is 11.1 Å². The maximum atomic E-state index is 11.2. The summed E-state index contributed by atoms with van der Waals surface area (Å²) in [6.45, 7) is 9.20. The number of carbonyl (C=O) groups is 1. The van der Waals surface area contributed by atoms with Crippen molar-refractivity contribution in [3.8, 4) is 0 Å². The van der Waals surface area contributed by atoms with Crippen molar-refractivity contribution < 1.29 is 15.1 Å². The van der Waals surface area contributed by atoms with Gasteiger partial charge in [0.1, 0.15) is 5.71 Å². The lowest BCUT2D eigenvalue weighted by molar-refractivity contribution is 0.0697. The summed E-state index contributed by atoms with van der Waals surface area (Å²) in [6.07, 6.45) is 2.27. The molecule has 3 aromatic carbocycles. The van der Waals surface area contributed by atoms with Gasteiger partial charge in [-0.25, -0.2) is 4.79 Å². The van der Waals surface area contributed by atoms with Gasteiger partial charge >= 0.3 is 5.97 Å². The molecule has 0 unspecified atom stereocenters. The van der Waals surface area contributed by atoms with E-state index in [0.29, 0.717) is 11.3 Å². The van der Waals surface area contributed by atoms with Crippen molar-refractivity contribution in [2.75, 3.05) is 0 Å². The first-order chi connectivity index (χ1) is 14.1. The Labute approximate surface area is 176 Å². The van der Waals surface area contributed by atoms with E-state index in [9.17, 15) is 10.0 Å². The zero-order valence-electron chi connectivity index (χ0n) is 17.9. The molecule has 0 spiro atoms. The van der Waals surface area contributed by atoms with E-state index in [-0.39, 0.29) is 16.4 Å². The van der Waals surface area contributed by atoms with E-state index in [0.717, 1.165) is 29.2 Å². The number of hydrogen-bond acceptors (Lipinski definition) is 3. The van der Waals surface area contributed by atoms with Crippen LogP contribution in [0.25, 0.3) is 10.8 Å². The number of hydrogen-bond donors (Lipinski definition) is 2. The second-order valence-electron chi connectivity index (χ2n) is 9.52. The molecule has 4 nitrogen and oxygen atoms in total. The van der Waals surface area contributed by atoms with Crippen LogP contribution in [0.1, 0.15) is 73.1 Å². The summed E-state index contributed by atoms with van der Waals surface area (Å²) in [6, 6.07) is 17.0. The number of rotatable bonds is 3. The zero-order chi connectivity index (χ0) is 21.7. The Bertz CT molecular complexity index is 1170. The molecule has 1 aliphatic carbocycles. The highest BCUT2D eigenvalue weighted by Crippen LogP contribution is 2.47. The topological polar surface area (TPSA) is 69.9 Å². The van der Waals surface area contributed by atoms with Crippen LogP contribution in [0.3, 0.4) is 0 Å². The van der Waals surface area contributed by atoms with Gasteiger partial charge in [-0.05, 0) is 63.8 Å². The summed E-state index contributed by atoms with van der Waals surface area (Å²) in [5.74, 6) is -0.981. The van der Waals surface area contributed by atoms with E-state index in [4.69, 9.17) is 5.11 Å². The maximum Gasteiger partial charge on any atom is 0.335 e. The summed E-state index contributed by atoms with van der Waals surface area (Å²) in [5, 5.41) is 24.8. The van der Waals surface area contributed by atoms with E-state index in [1.54, 1.807) is 12.1 Å². The Morgan fingerprint density at radius 3 is 2.00 bits per heavy atom. The molecule has 0 bridgehead atoms. The van der Waals surface area contributed by atoms with Gasteiger partial charge in [-0.3, -0.25) is 0 Å². The quantitative estimate of drug-likeness (QED) is 0.316. The SMILES string of the molecule is CC1(C)CCC(C)(C)c2cc3c(/C(=N\O)c4ccc(C(=O)O)cc4)cccc3cc21. The van der Waals surface area contributed by atoms with Crippen LogP contribution in [0.4, 0.5) is 0 Å². The minimum atomic E-state index is -0.981. The predicted molar refractivity (Wildman–Crippen MR) is 120 cm³/mol. The zero-order valence-corrected chi connectivity index (χ0v) is 17.9. The Morgan fingerprint density at radius 2 is 1.43 bits per heavy atom. The summed E-state index contributed by atoms with van der Waals surface area (Å²) in [7, 11) is 0. The summed E-state index contributed by atoms with van der Waals surface area (Å²) in [4.78, 5) is 11.2. The standard InChI is InChI=1S/C26H27NO3/c1-25(2)12-13-26(3,4)22-15-20-18(14-21(22)25)6-5-7-19(20)23(27-30)16-8-10-17(11-9-16)24(28)29/h5-11,14-15,30H,12-13H2,1-4H3,(H,28,29)/b27-23-. The number of carboxylic acid groups (broad SMARTS) is 1. The average molecular weight is 402 g/mol. The molecule has 154 valence electrons. The minimum Gasteiger partial charge on any atom is -0.478 e.